The molecule has 0 saturated heterocycles. The average Bonchev–Trinajstić information content (AvgIpc) is 2.44. The van der Waals surface area contributed by atoms with Crippen molar-refractivity contribution in [3.63, 3.8) is 0 Å². The summed E-state index contributed by atoms with van der Waals surface area (Å²) in [5, 5.41) is 0. The van der Waals surface area contributed by atoms with E-state index in [1.807, 2.05) is 13.0 Å². The molecule has 0 saturated carbocycles. The Hall–Kier alpha value is -1.06. The van der Waals surface area contributed by atoms with Gasteiger partial charge in [0.2, 0.25) is 0 Å². The first-order chi connectivity index (χ1) is 9.31. The zero-order chi connectivity index (χ0) is 13.5. The topological polar surface area (TPSA) is 44.5 Å². The molecule has 2 unspecified atom stereocenters. The van der Waals surface area contributed by atoms with Gasteiger partial charge in [-0.25, -0.2) is 0 Å². The van der Waals surface area contributed by atoms with E-state index in [4.69, 9.17) is 15.2 Å². The lowest BCUT2D eigenvalue weighted by atomic mass is 9.86. The number of rotatable bonds is 7. The summed E-state index contributed by atoms with van der Waals surface area (Å²) in [7, 11) is 0. The summed E-state index contributed by atoms with van der Waals surface area (Å²) < 4.78 is 11.0. The smallest absolute Gasteiger partial charge is 0.122 e. The monoisotopic (exact) mass is 263 g/mol. The third-order valence-corrected chi connectivity index (χ3v) is 3.74. The normalized spacial score (nSPS) is 19.6. The Bertz CT molecular complexity index is 381. The van der Waals surface area contributed by atoms with Crippen molar-refractivity contribution in [2.45, 2.75) is 44.6 Å². The molecule has 2 N–H and O–H groups in total. The molecule has 2 atom stereocenters. The van der Waals surface area contributed by atoms with Gasteiger partial charge in [-0.1, -0.05) is 18.2 Å². The predicted molar refractivity (Wildman–Crippen MR) is 77.6 cm³/mol. The zero-order valence-corrected chi connectivity index (χ0v) is 11.8. The van der Waals surface area contributed by atoms with Crippen LogP contribution >= 0.6 is 0 Å². The lowest BCUT2D eigenvalue weighted by Gasteiger charge is -2.27. The van der Waals surface area contributed by atoms with Gasteiger partial charge in [-0.05, 0) is 50.2 Å². The first-order valence-corrected chi connectivity index (χ1v) is 7.36. The SMILES string of the molecule is CCOCCCC(N)CC1CCOc2ccccc21. The molecule has 1 aliphatic heterocycles. The van der Waals surface area contributed by atoms with E-state index in [-0.39, 0.29) is 6.04 Å². The molecule has 3 nitrogen and oxygen atoms in total. The molecular formula is C16H25NO2. The minimum absolute atomic E-state index is 0.261. The number of benzene rings is 1. The van der Waals surface area contributed by atoms with Gasteiger partial charge < -0.3 is 15.2 Å². The van der Waals surface area contributed by atoms with Crippen molar-refractivity contribution < 1.29 is 9.47 Å². The number of hydrogen-bond acceptors (Lipinski definition) is 3. The minimum Gasteiger partial charge on any atom is -0.493 e. The van der Waals surface area contributed by atoms with Crippen LogP contribution in [-0.4, -0.2) is 25.9 Å². The van der Waals surface area contributed by atoms with Gasteiger partial charge in [0.25, 0.3) is 0 Å². The van der Waals surface area contributed by atoms with Crippen LogP contribution in [0.2, 0.25) is 0 Å². The van der Waals surface area contributed by atoms with Gasteiger partial charge in [0.05, 0.1) is 6.61 Å². The molecular weight excluding hydrogens is 238 g/mol. The van der Waals surface area contributed by atoms with Gasteiger partial charge in [0, 0.05) is 19.3 Å². The lowest BCUT2D eigenvalue weighted by Crippen LogP contribution is -2.26. The van der Waals surface area contributed by atoms with Crippen LogP contribution in [0.5, 0.6) is 5.75 Å². The average molecular weight is 263 g/mol. The number of para-hydroxylation sites is 1. The summed E-state index contributed by atoms with van der Waals surface area (Å²) in [5.41, 5.74) is 7.58. The Labute approximate surface area is 116 Å². The van der Waals surface area contributed by atoms with Crippen molar-refractivity contribution in [1.29, 1.82) is 0 Å². The highest BCUT2D eigenvalue weighted by molar-refractivity contribution is 5.37. The fourth-order valence-corrected chi connectivity index (χ4v) is 2.74. The second kappa shape index (κ2) is 7.51. The lowest BCUT2D eigenvalue weighted by molar-refractivity contribution is 0.141. The first-order valence-electron chi connectivity index (χ1n) is 7.36. The summed E-state index contributed by atoms with van der Waals surface area (Å²) in [6, 6.07) is 8.61. The highest BCUT2D eigenvalue weighted by Crippen LogP contribution is 2.36. The summed E-state index contributed by atoms with van der Waals surface area (Å²) >= 11 is 0. The molecule has 2 rings (SSSR count). The molecule has 106 valence electrons. The summed E-state index contributed by atoms with van der Waals surface area (Å²) in [6.07, 6.45) is 4.22. The number of ether oxygens (including phenoxy) is 2. The van der Waals surface area contributed by atoms with Gasteiger partial charge in [-0.3, -0.25) is 0 Å². The van der Waals surface area contributed by atoms with Gasteiger partial charge in [-0.15, -0.1) is 0 Å². The maximum Gasteiger partial charge on any atom is 0.122 e. The van der Waals surface area contributed by atoms with Gasteiger partial charge in [-0.2, -0.15) is 0 Å². The fraction of sp³-hybridized carbons (Fsp3) is 0.625. The van der Waals surface area contributed by atoms with E-state index in [2.05, 4.69) is 18.2 Å². The second-order valence-corrected chi connectivity index (χ2v) is 5.21. The van der Waals surface area contributed by atoms with Crippen LogP contribution in [0.1, 0.15) is 44.1 Å². The third-order valence-electron chi connectivity index (χ3n) is 3.74. The van der Waals surface area contributed by atoms with Crippen molar-refractivity contribution in [3.05, 3.63) is 29.8 Å². The van der Waals surface area contributed by atoms with Gasteiger partial charge in [0.15, 0.2) is 0 Å². The molecule has 1 aliphatic rings. The van der Waals surface area contributed by atoms with Crippen LogP contribution in [0.25, 0.3) is 0 Å². The Balaban J connectivity index is 1.83. The van der Waals surface area contributed by atoms with Crippen molar-refractivity contribution in [1.82, 2.24) is 0 Å². The Kier molecular flexibility index (Phi) is 5.67. The zero-order valence-electron chi connectivity index (χ0n) is 11.8. The van der Waals surface area contributed by atoms with Crippen LogP contribution < -0.4 is 10.5 Å². The molecule has 0 radical (unpaired) electrons. The van der Waals surface area contributed by atoms with E-state index in [1.165, 1.54) is 5.56 Å². The second-order valence-electron chi connectivity index (χ2n) is 5.21. The molecule has 1 heterocycles. The van der Waals surface area contributed by atoms with Crippen LogP contribution in [0.4, 0.5) is 0 Å². The van der Waals surface area contributed by atoms with Crippen molar-refractivity contribution in [3.8, 4) is 5.75 Å². The van der Waals surface area contributed by atoms with E-state index >= 15 is 0 Å². The molecule has 1 aromatic carbocycles. The van der Waals surface area contributed by atoms with Crippen molar-refractivity contribution in [2.75, 3.05) is 19.8 Å². The standard InChI is InChI=1S/C16H25NO2/c1-2-18-10-5-6-14(17)12-13-9-11-19-16-8-4-3-7-15(13)16/h3-4,7-8,13-14H,2,5-6,9-12,17H2,1H3. The Morgan fingerprint density at radius 1 is 1.42 bits per heavy atom. The maximum atomic E-state index is 6.25. The summed E-state index contributed by atoms with van der Waals surface area (Å²) in [4.78, 5) is 0. The fourth-order valence-electron chi connectivity index (χ4n) is 2.74. The minimum atomic E-state index is 0.261. The molecule has 3 heteroatoms. The van der Waals surface area contributed by atoms with Crippen LogP contribution in [-0.2, 0) is 4.74 Å². The summed E-state index contributed by atoms with van der Waals surface area (Å²) in [6.45, 7) is 4.46. The molecule has 0 aliphatic carbocycles. The van der Waals surface area contributed by atoms with Gasteiger partial charge >= 0.3 is 0 Å². The van der Waals surface area contributed by atoms with Crippen molar-refractivity contribution >= 4 is 0 Å². The van der Waals surface area contributed by atoms with E-state index in [0.717, 1.165) is 51.3 Å². The maximum absolute atomic E-state index is 6.25. The molecule has 1 aromatic rings. The Morgan fingerprint density at radius 2 is 2.26 bits per heavy atom. The molecule has 0 fully saturated rings. The van der Waals surface area contributed by atoms with E-state index < -0.39 is 0 Å². The first kappa shape index (κ1) is 14.4. The highest BCUT2D eigenvalue weighted by Gasteiger charge is 2.22. The molecule has 0 bridgehead atoms. The van der Waals surface area contributed by atoms with E-state index in [1.54, 1.807) is 0 Å². The van der Waals surface area contributed by atoms with E-state index in [9.17, 15) is 0 Å². The number of hydrogen-bond donors (Lipinski definition) is 1. The highest BCUT2D eigenvalue weighted by atomic mass is 16.5. The Morgan fingerprint density at radius 3 is 3.11 bits per heavy atom. The molecule has 0 aromatic heterocycles. The molecule has 19 heavy (non-hydrogen) atoms. The molecule has 0 spiro atoms. The molecule has 0 amide bonds. The number of nitrogens with two attached hydrogens (primary N) is 1. The third kappa shape index (κ3) is 4.22. The van der Waals surface area contributed by atoms with Crippen LogP contribution in [0, 0.1) is 0 Å². The van der Waals surface area contributed by atoms with E-state index in [0.29, 0.717) is 5.92 Å². The van der Waals surface area contributed by atoms with Crippen LogP contribution in [0.3, 0.4) is 0 Å². The van der Waals surface area contributed by atoms with Crippen molar-refractivity contribution in [2.24, 2.45) is 5.73 Å². The number of fused-ring (bicyclic) bond motifs is 1. The largest absolute Gasteiger partial charge is 0.493 e. The quantitative estimate of drug-likeness (QED) is 0.769. The van der Waals surface area contributed by atoms with Gasteiger partial charge in [0.1, 0.15) is 5.75 Å². The van der Waals surface area contributed by atoms with Crippen LogP contribution in [0.15, 0.2) is 24.3 Å². The predicted octanol–water partition coefficient (Wildman–Crippen LogP) is 3.09. The summed E-state index contributed by atoms with van der Waals surface area (Å²) in [5.74, 6) is 1.59.